The Labute approximate surface area is 120 Å². The molecular weight excluding hydrogens is 298 g/mol. The van der Waals surface area contributed by atoms with Gasteiger partial charge in [-0.25, -0.2) is 18.4 Å². The van der Waals surface area contributed by atoms with Gasteiger partial charge >= 0.3 is 5.97 Å². The van der Waals surface area contributed by atoms with Gasteiger partial charge in [-0.15, -0.1) is 0 Å². The van der Waals surface area contributed by atoms with Crippen molar-refractivity contribution in [1.29, 1.82) is 0 Å². The second-order valence-corrected chi connectivity index (χ2v) is 6.57. The molecule has 104 valence electrons. The molecule has 0 saturated carbocycles. The highest BCUT2D eigenvalue weighted by Crippen LogP contribution is 2.32. The Morgan fingerprint density at radius 2 is 1.80 bits per heavy atom. The molecule has 0 radical (unpaired) electrons. The first-order chi connectivity index (χ1) is 9.38. The second kappa shape index (κ2) is 5.66. The number of rotatable bonds is 4. The number of carboxylic acid groups (broad SMARTS) is 1. The monoisotopic (exact) mass is 309 g/mol. The molecule has 0 heterocycles. The molecule has 0 aliphatic carbocycles. The van der Waals surface area contributed by atoms with Gasteiger partial charge in [-0.05, 0) is 30.3 Å². The van der Waals surface area contributed by atoms with E-state index < -0.39 is 16.0 Å². The van der Waals surface area contributed by atoms with Crippen LogP contribution in [0, 0.1) is 0 Å². The number of nitrogens with two attached hydrogens (primary N) is 1. The van der Waals surface area contributed by atoms with Crippen LogP contribution in [0.4, 0.5) is 0 Å². The molecule has 0 saturated heterocycles. The number of hydrogen-bond acceptors (Lipinski definition) is 4. The summed E-state index contributed by atoms with van der Waals surface area (Å²) in [5.74, 6) is -1.04. The van der Waals surface area contributed by atoms with Crippen LogP contribution in [-0.4, -0.2) is 19.5 Å². The van der Waals surface area contributed by atoms with Gasteiger partial charge in [-0.3, -0.25) is 0 Å². The lowest BCUT2D eigenvalue weighted by Crippen LogP contribution is -2.13. The van der Waals surface area contributed by atoms with Crippen molar-refractivity contribution < 1.29 is 18.3 Å². The Bertz CT molecular complexity index is 756. The molecule has 20 heavy (non-hydrogen) atoms. The minimum absolute atomic E-state index is 0.0192. The summed E-state index contributed by atoms with van der Waals surface area (Å²) < 4.78 is 23.0. The number of carboxylic acids is 1. The zero-order valence-electron chi connectivity index (χ0n) is 10.2. The molecule has 2 aromatic rings. The second-order valence-electron chi connectivity index (χ2n) is 3.93. The van der Waals surface area contributed by atoms with Crippen LogP contribution in [0.2, 0.25) is 0 Å². The summed E-state index contributed by atoms with van der Waals surface area (Å²) in [6.07, 6.45) is 0. The normalized spacial score (nSPS) is 11.2. The number of carbonyl (C=O) groups is 1. The lowest BCUT2D eigenvalue weighted by atomic mass is 10.2. The van der Waals surface area contributed by atoms with Crippen LogP contribution in [0.3, 0.4) is 0 Å². The Hall–Kier alpha value is -1.83. The number of aromatic carboxylic acids is 1. The van der Waals surface area contributed by atoms with Crippen LogP contribution in [0.1, 0.15) is 10.4 Å². The number of benzene rings is 2. The van der Waals surface area contributed by atoms with E-state index in [0.717, 1.165) is 11.8 Å². The number of primary sulfonamides is 1. The Morgan fingerprint density at radius 1 is 1.10 bits per heavy atom. The van der Waals surface area contributed by atoms with Crippen LogP contribution >= 0.6 is 11.8 Å². The number of hydrogen-bond donors (Lipinski definition) is 2. The molecule has 2 aromatic carbocycles. The molecule has 2 rings (SSSR count). The van der Waals surface area contributed by atoms with Crippen LogP contribution in [0.5, 0.6) is 0 Å². The molecule has 0 aliphatic rings. The van der Waals surface area contributed by atoms with Gasteiger partial charge in [0.25, 0.3) is 0 Å². The quantitative estimate of drug-likeness (QED) is 0.902. The molecule has 0 bridgehead atoms. The van der Waals surface area contributed by atoms with E-state index >= 15 is 0 Å². The van der Waals surface area contributed by atoms with Crippen molar-refractivity contribution in [2.45, 2.75) is 14.7 Å². The Morgan fingerprint density at radius 3 is 2.45 bits per heavy atom. The maximum Gasteiger partial charge on any atom is 0.335 e. The van der Waals surface area contributed by atoms with E-state index in [0.29, 0.717) is 9.79 Å². The average Bonchev–Trinajstić information content (AvgIpc) is 2.38. The van der Waals surface area contributed by atoms with E-state index in [1.54, 1.807) is 30.3 Å². The highest BCUT2D eigenvalue weighted by atomic mass is 32.2. The molecule has 0 atom stereocenters. The van der Waals surface area contributed by atoms with Crippen molar-refractivity contribution in [3.8, 4) is 0 Å². The predicted molar refractivity (Wildman–Crippen MR) is 75.3 cm³/mol. The van der Waals surface area contributed by atoms with E-state index in [-0.39, 0.29) is 10.5 Å². The third-order valence-corrected chi connectivity index (χ3v) is 4.63. The third kappa shape index (κ3) is 3.38. The summed E-state index contributed by atoms with van der Waals surface area (Å²) in [4.78, 5) is 12.0. The van der Waals surface area contributed by atoms with Gasteiger partial charge in [0.05, 0.1) is 10.5 Å². The van der Waals surface area contributed by atoms with Crippen LogP contribution in [-0.2, 0) is 10.0 Å². The van der Waals surface area contributed by atoms with Gasteiger partial charge in [-0.2, -0.15) is 0 Å². The van der Waals surface area contributed by atoms with Crippen molar-refractivity contribution in [2.24, 2.45) is 5.14 Å². The lowest BCUT2D eigenvalue weighted by molar-refractivity contribution is 0.0696. The minimum atomic E-state index is -3.82. The van der Waals surface area contributed by atoms with Crippen LogP contribution in [0.25, 0.3) is 0 Å². The maximum atomic E-state index is 11.5. The Kier molecular flexibility index (Phi) is 4.12. The summed E-state index contributed by atoms with van der Waals surface area (Å²) in [6.45, 7) is 0. The van der Waals surface area contributed by atoms with E-state index in [9.17, 15) is 13.2 Å². The Balaban J connectivity index is 2.41. The average molecular weight is 309 g/mol. The molecular formula is C13H11NO4S2. The zero-order chi connectivity index (χ0) is 14.8. The summed E-state index contributed by atoms with van der Waals surface area (Å²) in [6, 6.07) is 12.6. The molecule has 0 aliphatic heterocycles. The fraction of sp³-hybridized carbons (Fsp3) is 0. The van der Waals surface area contributed by atoms with Crippen LogP contribution in [0.15, 0.2) is 63.2 Å². The molecule has 0 amide bonds. The van der Waals surface area contributed by atoms with E-state index in [2.05, 4.69) is 0 Å². The molecule has 0 aromatic heterocycles. The molecule has 0 spiro atoms. The first-order valence-electron chi connectivity index (χ1n) is 5.51. The van der Waals surface area contributed by atoms with Gasteiger partial charge in [0, 0.05) is 9.79 Å². The van der Waals surface area contributed by atoms with Gasteiger partial charge in [0.15, 0.2) is 0 Å². The van der Waals surface area contributed by atoms with Crippen molar-refractivity contribution in [3.05, 3.63) is 54.1 Å². The van der Waals surface area contributed by atoms with Crippen molar-refractivity contribution in [1.82, 2.24) is 0 Å². The fourth-order valence-electron chi connectivity index (χ4n) is 1.59. The SMILES string of the molecule is NS(=O)(=O)c1ccccc1Sc1cccc(C(=O)O)c1. The highest BCUT2D eigenvalue weighted by molar-refractivity contribution is 8.00. The molecule has 0 unspecified atom stereocenters. The largest absolute Gasteiger partial charge is 0.478 e. The summed E-state index contributed by atoms with van der Waals surface area (Å²) in [5, 5.41) is 14.1. The van der Waals surface area contributed by atoms with Crippen molar-refractivity contribution >= 4 is 27.8 Å². The van der Waals surface area contributed by atoms with Gasteiger partial charge in [0.2, 0.25) is 10.0 Å². The molecule has 3 N–H and O–H groups in total. The zero-order valence-corrected chi connectivity index (χ0v) is 11.8. The maximum absolute atomic E-state index is 11.5. The van der Waals surface area contributed by atoms with E-state index in [1.807, 2.05) is 0 Å². The summed E-state index contributed by atoms with van der Waals surface area (Å²) >= 11 is 1.15. The standard InChI is InChI=1S/C13H11NO4S2/c14-20(17,18)12-7-2-1-6-11(12)19-10-5-3-4-9(8-10)13(15)16/h1-8H,(H,15,16)(H2,14,17,18). The van der Waals surface area contributed by atoms with E-state index in [4.69, 9.17) is 10.2 Å². The van der Waals surface area contributed by atoms with Crippen molar-refractivity contribution in [2.75, 3.05) is 0 Å². The molecule has 7 heteroatoms. The van der Waals surface area contributed by atoms with Gasteiger partial charge in [0.1, 0.15) is 0 Å². The van der Waals surface area contributed by atoms with Crippen LogP contribution < -0.4 is 5.14 Å². The van der Waals surface area contributed by atoms with E-state index in [1.165, 1.54) is 18.2 Å². The topological polar surface area (TPSA) is 97.5 Å². The molecule has 0 fully saturated rings. The fourth-order valence-corrected chi connectivity index (χ4v) is 3.58. The summed E-state index contributed by atoms with van der Waals surface area (Å²) in [5.41, 5.74) is 0.142. The third-order valence-electron chi connectivity index (χ3n) is 2.46. The van der Waals surface area contributed by atoms with Crippen molar-refractivity contribution in [3.63, 3.8) is 0 Å². The summed E-state index contributed by atoms with van der Waals surface area (Å²) in [7, 11) is -3.82. The van der Waals surface area contributed by atoms with Gasteiger partial charge < -0.3 is 5.11 Å². The molecule has 5 nitrogen and oxygen atoms in total. The number of sulfonamides is 1. The lowest BCUT2D eigenvalue weighted by Gasteiger charge is -2.07. The predicted octanol–water partition coefficient (Wildman–Crippen LogP) is 2.18. The first kappa shape index (κ1) is 14.6. The smallest absolute Gasteiger partial charge is 0.335 e. The first-order valence-corrected chi connectivity index (χ1v) is 7.87. The highest BCUT2D eigenvalue weighted by Gasteiger charge is 2.14. The minimum Gasteiger partial charge on any atom is -0.478 e. The van der Waals surface area contributed by atoms with Gasteiger partial charge in [-0.1, -0.05) is 30.0 Å².